The van der Waals surface area contributed by atoms with E-state index in [0.29, 0.717) is 12.6 Å². The second kappa shape index (κ2) is 6.41. The quantitative estimate of drug-likeness (QED) is 0.579. The summed E-state index contributed by atoms with van der Waals surface area (Å²) in [5.74, 6) is 0.946. The van der Waals surface area contributed by atoms with Gasteiger partial charge in [0.05, 0.1) is 12.6 Å². The van der Waals surface area contributed by atoms with Crippen molar-refractivity contribution in [2.75, 3.05) is 11.9 Å². The SMILES string of the molecule is CCOc1ccc([C@]2(C)c3ccccc3N[C@H](c3ccccc3)C23CC3)cc1. The highest BCUT2D eigenvalue weighted by atomic mass is 16.5. The highest BCUT2D eigenvalue weighted by Crippen LogP contribution is 2.71. The van der Waals surface area contributed by atoms with Crippen LogP contribution in [0.15, 0.2) is 78.9 Å². The summed E-state index contributed by atoms with van der Waals surface area (Å²) in [6.07, 6.45) is 2.47. The minimum absolute atomic E-state index is 0.0416. The maximum absolute atomic E-state index is 5.70. The fourth-order valence-corrected chi connectivity index (χ4v) is 5.36. The fraction of sp³-hybridized carbons (Fsp3) is 0.308. The zero-order chi connectivity index (χ0) is 19.2. The Morgan fingerprint density at radius 3 is 2.25 bits per heavy atom. The van der Waals surface area contributed by atoms with E-state index in [9.17, 15) is 0 Å². The molecule has 5 rings (SSSR count). The van der Waals surface area contributed by atoms with Crippen molar-refractivity contribution in [3.8, 4) is 5.75 Å². The van der Waals surface area contributed by atoms with Gasteiger partial charge in [-0.1, -0.05) is 67.6 Å². The van der Waals surface area contributed by atoms with E-state index in [1.54, 1.807) is 0 Å². The predicted molar refractivity (Wildman–Crippen MR) is 115 cm³/mol. The number of ether oxygens (including phenoxy) is 1. The van der Waals surface area contributed by atoms with Crippen LogP contribution in [-0.2, 0) is 5.41 Å². The van der Waals surface area contributed by atoms with Crippen molar-refractivity contribution in [3.63, 3.8) is 0 Å². The first-order valence-corrected chi connectivity index (χ1v) is 10.3. The van der Waals surface area contributed by atoms with E-state index in [4.69, 9.17) is 4.74 Å². The molecule has 0 radical (unpaired) electrons. The van der Waals surface area contributed by atoms with E-state index in [1.807, 2.05) is 6.92 Å². The molecule has 142 valence electrons. The number of hydrogen-bond donors (Lipinski definition) is 1. The van der Waals surface area contributed by atoms with Crippen molar-refractivity contribution in [2.24, 2.45) is 5.41 Å². The van der Waals surface area contributed by atoms with E-state index in [2.05, 4.69) is 91.1 Å². The van der Waals surface area contributed by atoms with Crippen LogP contribution in [-0.4, -0.2) is 6.61 Å². The van der Waals surface area contributed by atoms with Gasteiger partial charge in [0.15, 0.2) is 0 Å². The molecule has 1 N–H and O–H groups in total. The number of nitrogens with one attached hydrogen (secondary N) is 1. The van der Waals surface area contributed by atoms with Crippen molar-refractivity contribution >= 4 is 5.69 Å². The summed E-state index contributed by atoms with van der Waals surface area (Å²) in [5, 5.41) is 3.90. The lowest BCUT2D eigenvalue weighted by Gasteiger charge is -2.50. The van der Waals surface area contributed by atoms with E-state index >= 15 is 0 Å². The summed E-state index contributed by atoms with van der Waals surface area (Å²) >= 11 is 0. The summed E-state index contributed by atoms with van der Waals surface area (Å²) in [5.41, 5.74) is 5.57. The van der Waals surface area contributed by atoms with Crippen molar-refractivity contribution in [2.45, 2.75) is 38.1 Å². The Bertz CT molecular complexity index is 975. The van der Waals surface area contributed by atoms with E-state index in [-0.39, 0.29) is 10.8 Å². The number of benzene rings is 3. The third-order valence-electron chi connectivity index (χ3n) is 6.98. The molecule has 2 nitrogen and oxygen atoms in total. The molecule has 28 heavy (non-hydrogen) atoms. The maximum atomic E-state index is 5.70. The number of hydrogen-bond acceptors (Lipinski definition) is 2. The minimum atomic E-state index is -0.0416. The van der Waals surface area contributed by atoms with Crippen LogP contribution in [0.4, 0.5) is 5.69 Å². The van der Waals surface area contributed by atoms with Crippen molar-refractivity contribution in [3.05, 3.63) is 95.6 Å². The van der Waals surface area contributed by atoms with Crippen LogP contribution in [0.2, 0.25) is 0 Å². The van der Waals surface area contributed by atoms with Gasteiger partial charge in [0, 0.05) is 16.5 Å². The molecule has 0 amide bonds. The molecule has 1 aliphatic carbocycles. The lowest BCUT2D eigenvalue weighted by molar-refractivity contribution is 0.263. The molecule has 0 bridgehead atoms. The Balaban J connectivity index is 1.68. The molecule has 1 spiro atoms. The van der Waals surface area contributed by atoms with Crippen LogP contribution in [0.5, 0.6) is 5.75 Å². The first kappa shape index (κ1) is 17.4. The molecular formula is C26H27NO. The van der Waals surface area contributed by atoms with Gasteiger partial charge < -0.3 is 10.1 Å². The second-order valence-corrected chi connectivity index (χ2v) is 8.27. The van der Waals surface area contributed by atoms with Crippen molar-refractivity contribution in [1.29, 1.82) is 0 Å². The monoisotopic (exact) mass is 369 g/mol. The lowest BCUT2D eigenvalue weighted by Crippen LogP contribution is -2.45. The standard InChI is InChI=1S/C26H27NO/c1-3-28-21-15-13-20(14-16-21)25(2)22-11-7-8-12-23(22)27-24(26(25)17-18-26)19-9-5-4-6-10-19/h4-16,24,27H,3,17-18H2,1-2H3/t24-,25-/m1/s1. The van der Waals surface area contributed by atoms with E-state index in [0.717, 1.165) is 5.75 Å². The summed E-state index contributed by atoms with van der Waals surface area (Å²) < 4.78 is 5.70. The molecule has 0 aromatic heterocycles. The smallest absolute Gasteiger partial charge is 0.119 e. The summed E-state index contributed by atoms with van der Waals surface area (Å²) in [6, 6.07) is 28.9. The number of anilines is 1. The topological polar surface area (TPSA) is 21.3 Å². The molecule has 3 aromatic rings. The zero-order valence-corrected chi connectivity index (χ0v) is 16.6. The van der Waals surface area contributed by atoms with Gasteiger partial charge >= 0.3 is 0 Å². The van der Waals surface area contributed by atoms with E-state index in [1.165, 1.54) is 35.2 Å². The largest absolute Gasteiger partial charge is 0.494 e. The molecule has 1 fully saturated rings. The summed E-state index contributed by atoms with van der Waals surface area (Å²) in [4.78, 5) is 0. The van der Waals surface area contributed by atoms with Gasteiger partial charge in [-0.2, -0.15) is 0 Å². The molecule has 3 aromatic carbocycles. The normalized spacial score (nSPS) is 24.3. The minimum Gasteiger partial charge on any atom is -0.494 e. The van der Waals surface area contributed by atoms with Gasteiger partial charge in [-0.05, 0) is 54.7 Å². The van der Waals surface area contributed by atoms with Crippen molar-refractivity contribution in [1.82, 2.24) is 0 Å². The van der Waals surface area contributed by atoms with Crippen LogP contribution in [0, 0.1) is 5.41 Å². The van der Waals surface area contributed by atoms with Gasteiger partial charge in [-0.25, -0.2) is 0 Å². The first-order chi connectivity index (χ1) is 13.7. The van der Waals surface area contributed by atoms with Gasteiger partial charge in [-0.3, -0.25) is 0 Å². The highest BCUT2D eigenvalue weighted by Gasteiger charge is 2.65. The third kappa shape index (κ3) is 2.40. The van der Waals surface area contributed by atoms with E-state index < -0.39 is 0 Å². The van der Waals surface area contributed by atoms with Crippen LogP contribution in [0.25, 0.3) is 0 Å². The molecule has 2 heteroatoms. The van der Waals surface area contributed by atoms with Crippen LogP contribution in [0.3, 0.4) is 0 Å². The summed E-state index contributed by atoms with van der Waals surface area (Å²) in [6.45, 7) is 5.18. The second-order valence-electron chi connectivity index (χ2n) is 8.27. The average molecular weight is 370 g/mol. The summed E-state index contributed by atoms with van der Waals surface area (Å²) in [7, 11) is 0. The molecular weight excluding hydrogens is 342 g/mol. The van der Waals surface area contributed by atoms with Gasteiger partial charge in [0.2, 0.25) is 0 Å². The number of rotatable bonds is 4. The average Bonchev–Trinajstić information content (AvgIpc) is 3.54. The third-order valence-corrected chi connectivity index (χ3v) is 6.98. The maximum Gasteiger partial charge on any atom is 0.119 e. The van der Waals surface area contributed by atoms with Crippen LogP contribution in [0.1, 0.15) is 49.4 Å². The van der Waals surface area contributed by atoms with Gasteiger partial charge in [0.25, 0.3) is 0 Å². The molecule has 0 saturated heterocycles. The van der Waals surface area contributed by atoms with Crippen LogP contribution >= 0.6 is 0 Å². The molecule has 1 aliphatic heterocycles. The van der Waals surface area contributed by atoms with Gasteiger partial charge in [0.1, 0.15) is 5.75 Å². The Morgan fingerprint density at radius 1 is 0.893 bits per heavy atom. The molecule has 1 heterocycles. The zero-order valence-electron chi connectivity index (χ0n) is 16.6. The molecule has 1 saturated carbocycles. The molecule has 2 aliphatic rings. The Hall–Kier alpha value is -2.74. The highest BCUT2D eigenvalue weighted by molar-refractivity contribution is 5.65. The number of fused-ring (bicyclic) bond motifs is 1. The lowest BCUT2D eigenvalue weighted by atomic mass is 9.59. The molecule has 2 atom stereocenters. The predicted octanol–water partition coefficient (Wildman–Crippen LogP) is 6.34. The van der Waals surface area contributed by atoms with Crippen LogP contribution < -0.4 is 10.1 Å². The molecule has 0 unspecified atom stereocenters. The Kier molecular flexibility index (Phi) is 3.97. The van der Waals surface area contributed by atoms with Crippen molar-refractivity contribution < 1.29 is 4.74 Å². The number of para-hydroxylation sites is 1. The fourth-order valence-electron chi connectivity index (χ4n) is 5.36. The first-order valence-electron chi connectivity index (χ1n) is 10.3. The van der Waals surface area contributed by atoms with Gasteiger partial charge in [-0.15, -0.1) is 0 Å². The Labute approximate surface area is 167 Å². The Morgan fingerprint density at radius 2 is 1.57 bits per heavy atom.